The van der Waals surface area contributed by atoms with Crippen molar-refractivity contribution in [2.45, 2.75) is 102 Å². The van der Waals surface area contributed by atoms with Crippen LogP contribution >= 0.6 is 0 Å². The summed E-state index contributed by atoms with van der Waals surface area (Å²) in [5, 5.41) is 10.5. The average Bonchev–Trinajstić information content (AvgIpc) is 2.90. The zero-order valence-corrected chi connectivity index (χ0v) is 25.3. The molecule has 8 saturated carbocycles. The Morgan fingerprint density at radius 2 is 1.24 bits per heavy atom. The third kappa shape index (κ3) is 3.92. The molecule has 2 aromatic rings. The number of carboxylic acids is 1. The fourth-order valence-electron chi connectivity index (χ4n) is 12.2. The Morgan fingerprint density at radius 3 is 1.67 bits per heavy atom. The molecule has 6 heteroatoms. The smallest absolute Gasteiger partial charge is 0.338 e. The fraction of sp³-hybridized carbons (Fsp3) is 0.639. The second-order valence-electron chi connectivity index (χ2n) is 15.4. The molecule has 0 unspecified atom stereocenters. The predicted octanol–water partition coefficient (Wildman–Crippen LogP) is 7.45. The maximum Gasteiger partial charge on any atom is 0.338 e. The van der Waals surface area contributed by atoms with Crippen molar-refractivity contribution in [3.63, 3.8) is 0 Å². The lowest BCUT2D eigenvalue weighted by atomic mass is 9.48. The Kier molecular flexibility index (Phi) is 5.92. The number of hydrogen-bond donors (Lipinski definition) is 1. The van der Waals surface area contributed by atoms with E-state index in [0.717, 1.165) is 38.5 Å². The number of aromatic carboxylic acids is 1. The van der Waals surface area contributed by atoms with Gasteiger partial charge in [0.25, 0.3) is 5.91 Å². The zero-order chi connectivity index (χ0) is 29.0. The molecule has 8 bridgehead atoms. The summed E-state index contributed by atoms with van der Waals surface area (Å²) in [5.74, 6) is 3.93. The van der Waals surface area contributed by atoms with Crippen molar-refractivity contribution in [1.29, 1.82) is 0 Å². The average molecular weight is 569 g/mol. The molecule has 0 atom stereocenters. The molecular formula is C36H44N2O4. The molecule has 222 valence electrons. The molecule has 10 rings (SSSR count). The molecule has 8 aliphatic rings. The van der Waals surface area contributed by atoms with Crippen LogP contribution in [-0.2, 0) is 0 Å². The lowest BCUT2D eigenvalue weighted by Crippen LogP contribution is -2.71. The summed E-state index contributed by atoms with van der Waals surface area (Å²) < 4.78 is 5.56. The Balaban J connectivity index is 1.35. The Labute approximate surface area is 249 Å². The van der Waals surface area contributed by atoms with Gasteiger partial charge in [-0.3, -0.25) is 9.78 Å². The lowest BCUT2D eigenvalue weighted by Gasteiger charge is -2.69. The van der Waals surface area contributed by atoms with Crippen LogP contribution in [0.4, 0.5) is 0 Å². The summed E-state index contributed by atoms with van der Waals surface area (Å²) in [6, 6.07) is 7.54. The normalized spacial score (nSPS) is 37.2. The molecule has 1 amide bonds. The Hall–Kier alpha value is -2.89. The molecule has 1 aromatic heterocycles. The number of hydrogen-bond acceptors (Lipinski definition) is 4. The number of aryl methyl sites for hydroxylation is 2. The molecular weight excluding hydrogens is 524 g/mol. The highest BCUT2D eigenvalue weighted by atomic mass is 16.5. The van der Waals surface area contributed by atoms with Gasteiger partial charge in [0, 0.05) is 16.6 Å². The number of ether oxygens (including phenoxy) is 1. The molecule has 0 aliphatic heterocycles. The lowest BCUT2D eigenvalue weighted by molar-refractivity contribution is -0.156. The SMILES string of the molecule is COc1cccc(-c2c(C(=O)O)c(C)nc(C)c2C(=O)N(C23CC4CC(CC(C4)C2)C3)C23CC4CC(CC(C4)C2)C3)c1. The largest absolute Gasteiger partial charge is 0.497 e. The first-order valence-corrected chi connectivity index (χ1v) is 16.4. The number of carboxylic acid groups (broad SMARTS) is 1. The molecule has 1 N–H and O–H groups in total. The maximum atomic E-state index is 15.7. The first-order valence-electron chi connectivity index (χ1n) is 16.4. The summed E-state index contributed by atoms with van der Waals surface area (Å²) in [4.78, 5) is 35.8. The summed E-state index contributed by atoms with van der Waals surface area (Å²) >= 11 is 0. The number of amides is 1. The van der Waals surface area contributed by atoms with Crippen LogP contribution in [-0.4, -0.2) is 45.1 Å². The first kappa shape index (κ1) is 26.7. The number of rotatable bonds is 6. The summed E-state index contributed by atoms with van der Waals surface area (Å²) in [5.41, 5.74) is 2.69. The quantitative estimate of drug-likeness (QED) is 0.391. The van der Waals surface area contributed by atoms with E-state index in [1.54, 1.807) is 14.0 Å². The van der Waals surface area contributed by atoms with Crippen molar-refractivity contribution >= 4 is 11.9 Å². The number of aromatic nitrogens is 1. The highest BCUT2D eigenvalue weighted by Gasteiger charge is 2.63. The second kappa shape index (κ2) is 9.30. The van der Waals surface area contributed by atoms with Crippen LogP contribution in [0.3, 0.4) is 0 Å². The Morgan fingerprint density at radius 1 is 0.786 bits per heavy atom. The van der Waals surface area contributed by atoms with E-state index in [0.29, 0.717) is 69.3 Å². The van der Waals surface area contributed by atoms with E-state index < -0.39 is 5.97 Å². The molecule has 8 fully saturated rings. The third-order valence-corrected chi connectivity index (χ3v) is 12.5. The zero-order valence-electron chi connectivity index (χ0n) is 25.3. The maximum absolute atomic E-state index is 15.7. The number of methoxy groups -OCH3 is 1. The highest BCUT2D eigenvalue weighted by molar-refractivity contribution is 6.09. The topological polar surface area (TPSA) is 79.7 Å². The van der Waals surface area contributed by atoms with Gasteiger partial charge < -0.3 is 14.7 Å². The van der Waals surface area contributed by atoms with Gasteiger partial charge in [-0.2, -0.15) is 0 Å². The van der Waals surface area contributed by atoms with Gasteiger partial charge in [0.05, 0.1) is 29.6 Å². The number of benzene rings is 1. The van der Waals surface area contributed by atoms with E-state index in [1.165, 1.54) is 38.5 Å². The van der Waals surface area contributed by atoms with Gasteiger partial charge >= 0.3 is 5.97 Å². The second-order valence-corrected chi connectivity index (χ2v) is 15.4. The summed E-state index contributed by atoms with van der Waals surface area (Å²) in [7, 11) is 1.62. The van der Waals surface area contributed by atoms with Crippen molar-refractivity contribution in [1.82, 2.24) is 9.88 Å². The molecule has 8 aliphatic carbocycles. The Bertz CT molecular complexity index is 1360. The monoisotopic (exact) mass is 568 g/mol. The van der Waals surface area contributed by atoms with Crippen LogP contribution in [0.1, 0.15) is 109 Å². The third-order valence-electron chi connectivity index (χ3n) is 12.5. The molecule has 1 aromatic carbocycles. The first-order chi connectivity index (χ1) is 20.2. The molecule has 0 saturated heterocycles. The van der Waals surface area contributed by atoms with E-state index in [2.05, 4.69) is 4.90 Å². The van der Waals surface area contributed by atoms with Crippen molar-refractivity contribution in [3.05, 3.63) is 46.8 Å². The minimum Gasteiger partial charge on any atom is -0.497 e. The van der Waals surface area contributed by atoms with E-state index in [9.17, 15) is 9.90 Å². The van der Waals surface area contributed by atoms with Gasteiger partial charge in [-0.1, -0.05) is 12.1 Å². The van der Waals surface area contributed by atoms with Crippen LogP contribution in [0.15, 0.2) is 24.3 Å². The van der Waals surface area contributed by atoms with Crippen LogP contribution in [0.2, 0.25) is 0 Å². The number of nitrogens with zero attached hydrogens (tertiary/aromatic N) is 2. The van der Waals surface area contributed by atoms with Gasteiger partial charge in [0.2, 0.25) is 0 Å². The molecule has 42 heavy (non-hydrogen) atoms. The molecule has 0 spiro atoms. The summed E-state index contributed by atoms with van der Waals surface area (Å²) in [6.45, 7) is 3.66. The molecule has 0 radical (unpaired) electrons. The van der Waals surface area contributed by atoms with Crippen molar-refractivity contribution in [2.24, 2.45) is 35.5 Å². The van der Waals surface area contributed by atoms with E-state index in [4.69, 9.17) is 9.72 Å². The number of carbonyl (C=O) groups excluding carboxylic acids is 1. The minimum absolute atomic E-state index is 0.0456. The van der Waals surface area contributed by atoms with Crippen molar-refractivity contribution < 1.29 is 19.4 Å². The number of carbonyl (C=O) groups is 2. The number of pyridine rings is 1. The van der Waals surface area contributed by atoms with Crippen LogP contribution in [0, 0.1) is 49.4 Å². The van der Waals surface area contributed by atoms with E-state index >= 15 is 4.79 Å². The van der Waals surface area contributed by atoms with Crippen LogP contribution in [0.25, 0.3) is 11.1 Å². The van der Waals surface area contributed by atoms with Gasteiger partial charge in [-0.05, 0) is 144 Å². The van der Waals surface area contributed by atoms with Gasteiger partial charge in [0.1, 0.15) is 5.75 Å². The van der Waals surface area contributed by atoms with Gasteiger partial charge in [-0.15, -0.1) is 0 Å². The predicted molar refractivity (Wildman–Crippen MR) is 161 cm³/mol. The van der Waals surface area contributed by atoms with Crippen LogP contribution in [0.5, 0.6) is 5.75 Å². The standard InChI is InChI=1S/C36H44N2O4/c1-20-30(32(31(34(40)41)21(2)37-20)28-5-4-6-29(13-28)42-3)33(39)38(35-14-22-7-23(15-35)9-24(8-22)16-35)36-17-25-10-26(18-36)12-27(11-25)19-36/h4-6,13,22-27H,7-12,14-19H2,1-3H3,(H,40,41). The van der Waals surface area contributed by atoms with Gasteiger partial charge in [-0.25, -0.2) is 4.79 Å². The highest BCUT2D eigenvalue weighted by Crippen LogP contribution is 2.64. The van der Waals surface area contributed by atoms with Crippen molar-refractivity contribution in [2.75, 3.05) is 7.11 Å². The minimum atomic E-state index is -1.04. The van der Waals surface area contributed by atoms with Crippen LogP contribution < -0.4 is 4.74 Å². The molecule has 1 heterocycles. The summed E-state index contributed by atoms with van der Waals surface area (Å²) in [6.07, 6.45) is 14.6. The van der Waals surface area contributed by atoms with E-state index in [-0.39, 0.29) is 22.5 Å². The van der Waals surface area contributed by atoms with Gasteiger partial charge in [0.15, 0.2) is 0 Å². The van der Waals surface area contributed by atoms with E-state index in [1.807, 2.05) is 31.2 Å². The molecule has 6 nitrogen and oxygen atoms in total. The fourth-order valence-corrected chi connectivity index (χ4v) is 12.2. The van der Waals surface area contributed by atoms with Crippen molar-refractivity contribution in [3.8, 4) is 16.9 Å².